The predicted molar refractivity (Wildman–Crippen MR) is 164 cm³/mol. The lowest BCUT2D eigenvalue weighted by atomic mass is 9.52. The van der Waals surface area contributed by atoms with E-state index in [-0.39, 0.29) is 29.1 Å². The smallest absolute Gasteiger partial charge is 0.189 e. The van der Waals surface area contributed by atoms with Crippen molar-refractivity contribution >= 4 is 28.4 Å². The Bertz CT molecular complexity index is 1860. The maximum atomic E-state index is 15.3. The van der Waals surface area contributed by atoms with Gasteiger partial charge in [0.2, 0.25) is 0 Å². The van der Waals surface area contributed by atoms with Gasteiger partial charge in [-0.25, -0.2) is 0 Å². The number of carbonyl (C=O) groups is 2. The first-order chi connectivity index (χ1) is 20.8. The number of aromatic hydroxyl groups is 2. The van der Waals surface area contributed by atoms with Gasteiger partial charge in [-0.15, -0.1) is 0 Å². The molecule has 2 aliphatic carbocycles. The fourth-order valence-electron chi connectivity index (χ4n) is 8.28. The number of hydrogen-bond acceptors (Lipinski definition) is 7. The number of methoxy groups -OCH3 is 2. The number of benzene rings is 4. The molecule has 43 heavy (non-hydrogen) atoms. The van der Waals surface area contributed by atoms with Gasteiger partial charge in [0.05, 0.1) is 19.6 Å². The summed E-state index contributed by atoms with van der Waals surface area (Å²) in [4.78, 5) is 30.1. The number of carbonyl (C=O) groups excluding carboxylic acids is 2. The molecule has 7 nitrogen and oxygen atoms in total. The van der Waals surface area contributed by atoms with Crippen molar-refractivity contribution in [2.75, 3.05) is 14.2 Å². The third-order valence-electron chi connectivity index (χ3n) is 9.86. The molecular formula is C36H33NO6. The van der Waals surface area contributed by atoms with Gasteiger partial charge in [0.25, 0.3) is 0 Å². The van der Waals surface area contributed by atoms with Crippen molar-refractivity contribution in [1.29, 1.82) is 0 Å². The van der Waals surface area contributed by atoms with Gasteiger partial charge in [-0.3, -0.25) is 14.9 Å². The number of ether oxygens (including phenoxy) is 2. The van der Waals surface area contributed by atoms with Crippen molar-refractivity contribution in [3.8, 4) is 23.0 Å². The largest absolute Gasteiger partial charge is 0.504 e. The van der Waals surface area contributed by atoms with Gasteiger partial charge in [-0.2, -0.15) is 0 Å². The van der Waals surface area contributed by atoms with Crippen molar-refractivity contribution in [3.05, 3.63) is 101 Å². The van der Waals surface area contributed by atoms with E-state index in [0.29, 0.717) is 41.9 Å². The molecule has 3 N–H and O–H groups in total. The number of fused-ring (bicyclic) bond motifs is 2. The van der Waals surface area contributed by atoms with Crippen LogP contribution in [0.25, 0.3) is 16.8 Å². The van der Waals surface area contributed by atoms with E-state index in [9.17, 15) is 15.0 Å². The number of phenols is 2. The Morgan fingerprint density at radius 1 is 0.884 bits per heavy atom. The summed E-state index contributed by atoms with van der Waals surface area (Å²) in [6.45, 7) is 2.03. The minimum Gasteiger partial charge on any atom is -0.504 e. The van der Waals surface area contributed by atoms with Crippen LogP contribution >= 0.6 is 0 Å². The van der Waals surface area contributed by atoms with Crippen LogP contribution in [-0.4, -0.2) is 42.0 Å². The molecule has 0 bridgehead atoms. The van der Waals surface area contributed by atoms with Crippen LogP contribution in [0, 0.1) is 5.41 Å². The lowest BCUT2D eigenvalue weighted by Gasteiger charge is -2.47. The molecule has 3 aliphatic rings. The maximum absolute atomic E-state index is 15.3. The van der Waals surface area contributed by atoms with Crippen LogP contribution in [0.15, 0.2) is 78.4 Å². The topological polar surface area (TPSA) is 105 Å². The SMILES string of the molecule is COc1cc(/C=C2\CCC[C@@]3(C2=O)[C@@H](c2ccc(O)c(OC)c2)C(C)N[C@@]32C(=O)c3cccc4cccc2c34)ccc1O. The van der Waals surface area contributed by atoms with E-state index in [1.807, 2.05) is 55.5 Å². The Morgan fingerprint density at radius 3 is 2.33 bits per heavy atom. The highest BCUT2D eigenvalue weighted by atomic mass is 16.5. The van der Waals surface area contributed by atoms with Crippen molar-refractivity contribution in [3.63, 3.8) is 0 Å². The second-order valence-corrected chi connectivity index (χ2v) is 11.9. The molecule has 4 aromatic rings. The molecule has 1 unspecified atom stereocenters. The number of phenolic OH excluding ortho intramolecular Hbond substituents is 2. The Hall–Kier alpha value is -4.62. The minimum absolute atomic E-state index is 0.0135. The molecule has 2 spiro atoms. The molecule has 1 saturated heterocycles. The zero-order chi connectivity index (χ0) is 30.1. The fourth-order valence-corrected chi connectivity index (χ4v) is 8.28. The van der Waals surface area contributed by atoms with Crippen LogP contribution in [-0.2, 0) is 10.3 Å². The molecule has 7 rings (SSSR count). The number of nitrogens with one attached hydrogen (secondary N) is 1. The first-order valence-electron chi connectivity index (χ1n) is 14.6. The van der Waals surface area contributed by atoms with Crippen LogP contribution in [0.4, 0.5) is 0 Å². The standard InChI is InChI=1S/C36H33NO6/c1-20-32(23-13-15-28(39)30(19-23)43-3)35(16-6-9-24(33(35)40)17-21-12-14-27(38)29(18-21)42-2)36(37-20)26-11-5-8-22-7-4-10-25(31(22)26)34(36)41/h4-5,7-8,10-15,17-20,32,37-39H,6,9,16H2,1-3H3/b24-17+/t20?,32-,35+,36+/m1/s1. The molecule has 1 heterocycles. The molecule has 0 aromatic heterocycles. The zero-order valence-electron chi connectivity index (χ0n) is 24.3. The fraction of sp³-hybridized carbons (Fsp3) is 0.278. The van der Waals surface area contributed by atoms with Crippen molar-refractivity contribution < 1.29 is 29.3 Å². The summed E-state index contributed by atoms with van der Waals surface area (Å²) in [5.41, 5.74) is 1.20. The van der Waals surface area contributed by atoms with E-state index < -0.39 is 16.9 Å². The quantitative estimate of drug-likeness (QED) is 0.247. The molecule has 7 heteroatoms. The molecule has 0 radical (unpaired) electrons. The van der Waals surface area contributed by atoms with Crippen molar-refractivity contribution in [2.45, 2.75) is 43.7 Å². The zero-order valence-corrected chi connectivity index (χ0v) is 24.3. The number of Topliss-reactive ketones (excluding diaryl/α,β-unsaturated/α-hetero) is 2. The monoisotopic (exact) mass is 575 g/mol. The van der Waals surface area contributed by atoms with Crippen LogP contribution in [0.2, 0.25) is 0 Å². The number of allylic oxidation sites excluding steroid dienone is 1. The highest BCUT2D eigenvalue weighted by molar-refractivity contribution is 6.24. The lowest BCUT2D eigenvalue weighted by Crippen LogP contribution is -2.59. The van der Waals surface area contributed by atoms with Gasteiger partial charge in [-0.05, 0) is 89.6 Å². The van der Waals surface area contributed by atoms with Gasteiger partial charge in [0.1, 0.15) is 5.54 Å². The minimum atomic E-state index is -1.28. The van der Waals surface area contributed by atoms with Gasteiger partial charge >= 0.3 is 0 Å². The van der Waals surface area contributed by atoms with E-state index in [0.717, 1.165) is 27.5 Å². The molecule has 4 aromatic carbocycles. The molecule has 4 atom stereocenters. The average molecular weight is 576 g/mol. The van der Waals surface area contributed by atoms with Gasteiger partial charge in [0.15, 0.2) is 34.6 Å². The third kappa shape index (κ3) is 3.58. The first-order valence-corrected chi connectivity index (χ1v) is 14.6. The average Bonchev–Trinajstić information content (AvgIpc) is 3.42. The highest BCUT2D eigenvalue weighted by Gasteiger charge is 2.73. The Labute approximate surface area is 249 Å². The molecule has 0 amide bonds. The summed E-state index contributed by atoms with van der Waals surface area (Å²) in [6, 6.07) is 21.7. The summed E-state index contributed by atoms with van der Waals surface area (Å²) < 4.78 is 10.8. The molecular weight excluding hydrogens is 542 g/mol. The van der Waals surface area contributed by atoms with E-state index >= 15 is 4.79 Å². The second kappa shape index (κ2) is 9.71. The van der Waals surface area contributed by atoms with E-state index in [1.54, 1.807) is 30.3 Å². The van der Waals surface area contributed by atoms with Crippen LogP contribution in [0.1, 0.15) is 59.2 Å². The summed E-state index contributed by atoms with van der Waals surface area (Å²) in [5.74, 6) is 0.118. The number of hydrogen-bond donors (Lipinski definition) is 3. The van der Waals surface area contributed by atoms with Gasteiger partial charge in [0, 0.05) is 17.5 Å². The Kier molecular flexibility index (Phi) is 6.15. The first kappa shape index (κ1) is 27.2. The van der Waals surface area contributed by atoms with Crippen molar-refractivity contribution in [2.24, 2.45) is 5.41 Å². The summed E-state index contributed by atoms with van der Waals surface area (Å²) in [6.07, 6.45) is 3.63. The summed E-state index contributed by atoms with van der Waals surface area (Å²) in [5, 5.41) is 26.2. The summed E-state index contributed by atoms with van der Waals surface area (Å²) in [7, 11) is 2.99. The highest BCUT2D eigenvalue weighted by Crippen LogP contribution is 2.66. The normalized spacial score (nSPS) is 27.1. The Morgan fingerprint density at radius 2 is 1.58 bits per heavy atom. The second-order valence-electron chi connectivity index (χ2n) is 11.9. The predicted octanol–water partition coefficient (Wildman–Crippen LogP) is 6.26. The van der Waals surface area contributed by atoms with Crippen LogP contribution in [0.3, 0.4) is 0 Å². The number of rotatable bonds is 4. The maximum Gasteiger partial charge on any atom is 0.189 e. The Balaban J connectivity index is 1.50. The molecule has 2 fully saturated rings. The summed E-state index contributed by atoms with van der Waals surface area (Å²) >= 11 is 0. The number of ketones is 2. The van der Waals surface area contributed by atoms with Crippen LogP contribution in [0.5, 0.6) is 23.0 Å². The molecule has 1 saturated carbocycles. The molecule has 218 valence electrons. The van der Waals surface area contributed by atoms with Crippen molar-refractivity contribution in [1.82, 2.24) is 5.32 Å². The molecule has 1 aliphatic heterocycles. The lowest BCUT2D eigenvalue weighted by molar-refractivity contribution is -0.130. The van der Waals surface area contributed by atoms with E-state index in [2.05, 4.69) is 5.32 Å². The van der Waals surface area contributed by atoms with E-state index in [1.165, 1.54) is 14.2 Å². The third-order valence-corrected chi connectivity index (χ3v) is 9.86. The van der Waals surface area contributed by atoms with E-state index in [4.69, 9.17) is 9.47 Å². The van der Waals surface area contributed by atoms with Crippen LogP contribution < -0.4 is 14.8 Å². The van der Waals surface area contributed by atoms with Gasteiger partial charge in [-0.1, -0.05) is 48.5 Å². The van der Waals surface area contributed by atoms with Gasteiger partial charge < -0.3 is 19.7 Å².